The number of fused-ring (bicyclic) bond motifs is 1. The Kier molecular flexibility index (Phi) is 4.03. The first kappa shape index (κ1) is 14.9. The second kappa shape index (κ2) is 5.97. The van der Waals surface area contributed by atoms with E-state index in [4.69, 9.17) is 4.74 Å². The number of aliphatic hydroxyl groups is 1. The molecule has 2 aromatic carbocycles. The summed E-state index contributed by atoms with van der Waals surface area (Å²) in [7, 11) is 0. The van der Waals surface area contributed by atoms with Crippen molar-refractivity contribution in [1.29, 1.82) is 0 Å². The summed E-state index contributed by atoms with van der Waals surface area (Å²) in [6, 6.07) is 13.8. The van der Waals surface area contributed by atoms with Crippen LogP contribution in [-0.2, 0) is 4.79 Å². The summed E-state index contributed by atoms with van der Waals surface area (Å²) in [5, 5.41) is 15.1. The summed E-state index contributed by atoms with van der Waals surface area (Å²) in [6.45, 7) is 2.01. The Balaban J connectivity index is 1.51. The summed E-state index contributed by atoms with van der Waals surface area (Å²) in [6.07, 6.45) is 2.08. The van der Waals surface area contributed by atoms with Gasteiger partial charge in [-0.25, -0.2) is 0 Å². The van der Waals surface area contributed by atoms with Crippen molar-refractivity contribution < 1.29 is 14.6 Å². The van der Waals surface area contributed by atoms with E-state index in [0.29, 0.717) is 11.7 Å². The first-order valence-electron chi connectivity index (χ1n) is 7.65. The lowest BCUT2D eigenvalue weighted by Gasteiger charge is -2.23. The fourth-order valence-corrected chi connectivity index (χ4v) is 2.58. The quantitative estimate of drug-likeness (QED) is 0.861. The van der Waals surface area contributed by atoms with Crippen molar-refractivity contribution in [2.24, 2.45) is 5.92 Å². The highest BCUT2D eigenvalue weighted by atomic mass is 16.5. The van der Waals surface area contributed by atoms with E-state index in [-0.39, 0.29) is 19.1 Å². The molecule has 1 aliphatic carbocycles. The number of ether oxygens (including phenoxy) is 1. The predicted molar refractivity (Wildman–Crippen MR) is 85.8 cm³/mol. The maximum absolute atomic E-state index is 11.8. The van der Waals surface area contributed by atoms with Crippen LogP contribution in [0, 0.1) is 5.92 Å². The van der Waals surface area contributed by atoms with E-state index < -0.39 is 5.60 Å². The van der Waals surface area contributed by atoms with Gasteiger partial charge in [0, 0.05) is 6.54 Å². The molecule has 0 saturated heterocycles. The van der Waals surface area contributed by atoms with Gasteiger partial charge < -0.3 is 15.2 Å². The number of carbonyl (C=O) groups is 1. The van der Waals surface area contributed by atoms with Gasteiger partial charge in [-0.3, -0.25) is 4.79 Å². The Morgan fingerprint density at radius 2 is 2.00 bits per heavy atom. The largest absolute Gasteiger partial charge is 0.484 e. The zero-order chi connectivity index (χ0) is 15.6. The van der Waals surface area contributed by atoms with Crippen molar-refractivity contribution in [1.82, 2.24) is 5.32 Å². The average Bonchev–Trinajstić information content (AvgIpc) is 3.36. The number of hydrogen-bond donors (Lipinski definition) is 2. The molecule has 4 heteroatoms. The molecule has 0 radical (unpaired) electrons. The molecule has 2 aromatic rings. The van der Waals surface area contributed by atoms with E-state index in [1.165, 1.54) is 0 Å². The molecule has 0 aromatic heterocycles. The zero-order valence-electron chi connectivity index (χ0n) is 12.7. The molecule has 0 aliphatic heterocycles. The summed E-state index contributed by atoms with van der Waals surface area (Å²) in [4.78, 5) is 11.8. The second-order valence-corrected chi connectivity index (χ2v) is 6.21. The van der Waals surface area contributed by atoms with Crippen LogP contribution in [-0.4, -0.2) is 29.8 Å². The third kappa shape index (κ3) is 3.57. The highest BCUT2D eigenvalue weighted by Crippen LogP contribution is 2.38. The van der Waals surface area contributed by atoms with Gasteiger partial charge in [-0.05, 0) is 48.6 Å². The first-order chi connectivity index (χ1) is 10.5. The molecule has 1 unspecified atom stereocenters. The minimum atomic E-state index is -0.807. The monoisotopic (exact) mass is 299 g/mol. The van der Waals surface area contributed by atoms with Crippen molar-refractivity contribution in [2.75, 3.05) is 13.2 Å². The Morgan fingerprint density at radius 3 is 2.73 bits per heavy atom. The average molecular weight is 299 g/mol. The minimum absolute atomic E-state index is 0.0426. The number of amides is 1. The molecular weight excluding hydrogens is 278 g/mol. The maximum Gasteiger partial charge on any atom is 0.258 e. The Morgan fingerprint density at radius 1 is 1.27 bits per heavy atom. The Labute approximate surface area is 130 Å². The van der Waals surface area contributed by atoms with Gasteiger partial charge in [0.15, 0.2) is 6.61 Å². The van der Waals surface area contributed by atoms with E-state index in [1.54, 1.807) is 6.92 Å². The topological polar surface area (TPSA) is 58.6 Å². The van der Waals surface area contributed by atoms with Crippen molar-refractivity contribution in [2.45, 2.75) is 25.4 Å². The Bertz CT molecular complexity index is 677. The van der Waals surface area contributed by atoms with Gasteiger partial charge in [0.2, 0.25) is 0 Å². The molecule has 1 aliphatic rings. The van der Waals surface area contributed by atoms with Crippen molar-refractivity contribution in [3.05, 3.63) is 42.5 Å². The summed E-state index contributed by atoms with van der Waals surface area (Å²) in [5.74, 6) is 0.770. The predicted octanol–water partition coefficient (Wildman–Crippen LogP) is 2.50. The van der Waals surface area contributed by atoms with Gasteiger partial charge in [0.1, 0.15) is 5.75 Å². The number of carbonyl (C=O) groups excluding carboxylic acids is 1. The van der Waals surface area contributed by atoms with Crippen LogP contribution in [0.1, 0.15) is 19.8 Å². The highest BCUT2D eigenvalue weighted by Gasteiger charge is 2.39. The van der Waals surface area contributed by atoms with Crippen molar-refractivity contribution in [3.63, 3.8) is 0 Å². The van der Waals surface area contributed by atoms with Crippen molar-refractivity contribution in [3.8, 4) is 5.75 Å². The van der Waals surface area contributed by atoms with Gasteiger partial charge in [-0.1, -0.05) is 30.3 Å². The zero-order valence-corrected chi connectivity index (χ0v) is 12.7. The normalized spacial score (nSPS) is 17.0. The van der Waals surface area contributed by atoms with Gasteiger partial charge in [-0.15, -0.1) is 0 Å². The van der Waals surface area contributed by atoms with Crippen LogP contribution in [0.4, 0.5) is 0 Å². The van der Waals surface area contributed by atoms with Gasteiger partial charge >= 0.3 is 0 Å². The standard InChI is InChI=1S/C18H21NO3/c1-18(21,15-7-8-15)12-19-17(20)11-22-16-9-6-13-4-2-3-5-14(13)10-16/h2-6,9-10,15,21H,7-8,11-12H2,1H3,(H,19,20). The molecule has 1 saturated carbocycles. The van der Waals surface area contributed by atoms with E-state index in [0.717, 1.165) is 23.6 Å². The molecule has 116 valence electrons. The molecule has 0 bridgehead atoms. The van der Waals surface area contributed by atoms with E-state index in [1.807, 2.05) is 42.5 Å². The molecular formula is C18H21NO3. The number of benzene rings is 2. The lowest BCUT2D eigenvalue weighted by molar-refractivity contribution is -0.124. The molecule has 1 fully saturated rings. The van der Waals surface area contributed by atoms with Crippen LogP contribution in [0.5, 0.6) is 5.75 Å². The first-order valence-corrected chi connectivity index (χ1v) is 7.65. The molecule has 1 amide bonds. The van der Waals surface area contributed by atoms with E-state index >= 15 is 0 Å². The second-order valence-electron chi connectivity index (χ2n) is 6.21. The van der Waals surface area contributed by atoms with Crippen LogP contribution >= 0.6 is 0 Å². The lowest BCUT2D eigenvalue weighted by Crippen LogP contribution is -2.43. The van der Waals surface area contributed by atoms with Gasteiger partial charge in [-0.2, -0.15) is 0 Å². The van der Waals surface area contributed by atoms with Crippen LogP contribution < -0.4 is 10.1 Å². The SMILES string of the molecule is CC(O)(CNC(=O)COc1ccc2ccccc2c1)C1CC1. The van der Waals surface area contributed by atoms with E-state index in [2.05, 4.69) is 5.32 Å². The molecule has 3 rings (SSSR count). The third-order valence-electron chi connectivity index (χ3n) is 4.19. The molecule has 2 N–H and O–H groups in total. The lowest BCUT2D eigenvalue weighted by atomic mass is 10.0. The Hall–Kier alpha value is -2.07. The third-order valence-corrected chi connectivity index (χ3v) is 4.19. The minimum Gasteiger partial charge on any atom is -0.484 e. The molecule has 0 heterocycles. The van der Waals surface area contributed by atoms with Gasteiger partial charge in [0.25, 0.3) is 5.91 Å². The fourth-order valence-electron chi connectivity index (χ4n) is 2.58. The number of rotatable bonds is 6. The number of hydrogen-bond acceptors (Lipinski definition) is 3. The molecule has 4 nitrogen and oxygen atoms in total. The van der Waals surface area contributed by atoms with Crippen molar-refractivity contribution >= 4 is 16.7 Å². The van der Waals surface area contributed by atoms with Crippen LogP contribution in [0.3, 0.4) is 0 Å². The summed E-state index contributed by atoms with van der Waals surface area (Å²) >= 11 is 0. The summed E-state index contributed by atoms with van der Waals surface area (Å²) < 4.78 is 5.52. The molecule has 22 heavy (non-hydrogen) atoms. The summed E-state index contributed by atoms with van der Waals surface area (Å²) in [5.41, 5.74) is -0.807. The molecule has 1 atom stereocenters. The molecule has 0 spiro atoms. The highest BCUT2D eigenvalue weighted by molar-refractivity contribution is 5.84. The van der Waals surface area contributed by atoms with Crippen LogP contribution in [0.25, 0.3) is 10.8 Å². The van der Waals surface area contributed by atoms with Crippen LogP contribution in [0.2, 0.25) is 0 Å². The van der Waals surface area contributed by atoms with Gasteiger partial charge in [0.05, 0.1) is 5.60 Å². The fraction of sp³-hybridized carbons (Fsp3) is 0.389. The maximum atomic E-state index is 11.8. The van der Waals surface area contributed by atoms with Crippen LogP contribution in [0.15, 0.2) is 42.5 Å². The smallest absolute Gasteiger partial charge is 0.258 e. The number of nitrogens with one attached hydrogen (secondary N) is 1. The van der Waals surface area contributed by atoms with E-state index in [9.17, 15) is 9.90 Å².